The Balaban J connectivity index is 1.62. The predicted octanol–water partition coefficient (Wildman–Crippen LogP) is 2.78. The normalized spacial score (nSPS) is 19.9. The van der Waals surface area contributed by atoms with Gasteiger partial charge in [-0.15, -0.1) is 0 Å². The monoisotopic (exact) mass is 326 g/mol. The van der Waals surface area contributed by atoms with Crippen molar-refractivity contribution in [2.24, 2.45) is 5.92 Å². The molecule has 2 heterocycles. The maximum Gasteiger partial charge on any atom is 0.401 e. The van der Waals surface area contributed by atoms with E-state index in [0.717, 1.165) is 10.9 Å². The van der Waals surface area contributed by atoms with Gasteiger partial charge in [-0.25, -0.2) is 0 Å². The van der Waals surface area contributed by atoms with Crippen LogP contribution in [0.2, 0.25) is 0 Å². The summed E-state index contributed by atoms with van der Waals surface area (Å²) in [5.74, 6) is -0.661. The maximum absolute atomic E-state index is 12.5. The Hall–Kier alpha value is -2.09. The SMILES string of the molecule is O=C(Nc1ccc2[nH]ncc2c1)C1CCCN(CC(F)(F)F)C1. The van der Waals surface area contributed by atoms with Crippen molar-refractivity contribution in [3.8, 4) is 0 Å². The largest absolute Gasteiger partial charge is 0.401 e. The summed E-state index contributed by atoms with van der Waals surface area (Å²) >= 11 is 0. The minimum absolute atomic E-state index is 0.138. The first-order chi connectivity index (χ1) is 10.9. The van der Waals surface area contributed by atoms with Crippen LogP contribution in [0.1, 0.15) is 12.8 Å². The fourth-order valence-corrected chi connectivity index (χ4v) is 2.93. The van der Waals surface area contributed by atoms with Crippen molar-refractivity contribution in [1.82, 2.24) is 15.1 Å². The van der Waals surface area contributed by atoms with Crippen molar-refractivity contribution in [2.75, 3.05) is 25.0 Å². The number of nitrogens with one attached hydrogen (secondary N) is 2. The van der Waals surface area contributed by atoms with E-state index < -0.39 is 18.6 Å². The molecule has 0 bridgehead atoms. The molecule has 3 rings (SSSR count). The second-order valence-corrected chi connectivity index (χ2v) is 5.85. The zero-order valence-electron chi connectivity index (χ0n) is 12.4. The summed E-state index contributed by atoms with van der Waals surface area (Å²) in [4.78, 5) is 13.6. The summed E-state index contributed by atoms with van der Waals surface area (Å²) in [6.45, 7) is -0.443. The molecule has 1 saturated heterocycles. The minimum atomic E-state index is -4.23. The molecule has 1 fully saturated rings. The lowest BCUT2D eigenvalue weighted by Gasteiger charge is -2.32. The van der Waals surface area contributed by atoms with Crippen molar-refractivity contribution in [3.05, 3.63) is 24.4 Å². The summed E-state index contributed by atoms with van der Waals surface area (Å²) in [5, 5.41) is 10.4. The van der Waals surface area contributed by atoms with Crippen LogP contribution in [0, 0.1) is 5.92 Å². The Morgan fingerprint density at radius 1 is 1.43 bits per heavy atom. The number of fused-ring (bicyclic) bond motifs is 1. The number of likely N-dealkylation sites (tertiary alicyclic amines) is 1. The van der Waals surface area contributed by atoms with E-state index in [1.807, 2.05) is 0 Å². The first kappa shape index (κ1) is 15.8. The summed E-state index contributed by atoms with van der Waals surface area (Å²) in [6.07, 6.45) is -1.38. The van der Waals surface area contributed by atoms with Gasteiger partial charge >= 0.3 is 6.18 Å². The highest BCUT2D eigenvalue weighted by molar-refractivity contribution is 5.95. The van der Waals surface area contributed by atoms with Crippen LogP contribution in [0.4, 0.5) is 18.9 Å². The summed E-state index contributed by atoms with van der Waals surface area (Å²) in [7, 11) is 0. The van der Waals surface area contributed by atoms with E-state index in [9.17, 15) is 18.0 Å². The molecule has 2 aromatic rings. The van der Waals surface area contributed by atoms with Crippen molar-refractivity contribution in [2.45, 2.75) is 19.0 Å². The van der Waals surface area contributed by atoms with Crippen LogP contribution in [-0.4, -0.2) is 46.8 Å². The van der Waals surface area contributed by atoms with Crippen molar-refractivity contribution in [1.29, 1.82) is 0 Å². The molecule has 1 unspecified atom stereocenters. The van der Waals surface area contributed by atoms with Gasteiger partial charge in [-0.3, -0.25) is 14.8 Å². The second kappa shape index (κ2) is 6.19. The number of carbonyl (C=O) groups is 1. The van der Waals surface area contributed by atoms with Crippen molar-refractivity contribution < 1.29 is 18.0 Å². The second-order valence-electron chi connectivity index (χ2n) is 5.85. The van der Waals surface area contributed by atoms with Gasteiger partial charge < -0.3 is 5.32 Å². The number of hydrogen-bond acceptors (Lipinski definition) is 3. The Labute approximate surface area is 130 Å². The van der Waals surface area contributed by atoms with E-state index in [-0.39, 0.29) is 12.5 Å². The predicted molar refractivity (Wildman–Crippen MR) is 79.9 cm³/mol. The number of carbonyl (C=O) groups excluding carboxylic acids is 1. The highest BCUT2D eigenvalue weighted by atomic mass is 19.4. The smallest absolute Gasteiger partial charge is 0.326 e. The highest BCUT2D eigenvalue weighted by Gasteiger charge is 2.34. The van der Waals surface area contributed by atoms with Gasteiger partial charge in [0.05, 0.1) is 24.2 Å². The maximum atomic E-state index is 12.5. The summed E-state index contributed by atoms with van der Waals surface area (Å²) < 4.78 is 37.4. The molecule has 1 aliphatic heterocycles. The first-order valence-corrected chi connectivity index (χ1v) is 7.44. The number of alkyl halides is 3. The Bertz CT molecular complexity index is 697. The van der Waals surface area contributed by atoms with E-state index in [2.05, 4.69) is 15.5 Å². The van der Waals surface area contributed by atoms with Crippen LogP contribution in [0.15, 0.2) is 24.4 Å². The zero-order chi connectivity index (χ0) is 16.4. The lowest BCUT2D eigenvalue weighted by atomic mass is 9.97. The standard InChI is InChI=1S/C15H17F3N4O/c16-15(17,18)9-22-5-1-2-10(8-22)14(23)20-12-3-4-13-11(6-12)7-19-21-13/h3-4,6-7,10H,1-2,5,8-9H2,(H,19,21)(H,20,23). The number of aromatic amines is 1. The molecular weight excluding hydrogens is 309 g/mol. The van der Waals surface area contributed by atoms with E-state index >= 15 is 0 Å². The number of amides is 1. The number of H-pyrrole nitrogens is 1. The highest BCUT2D eigenvalue weighted by Crippen LogP contribution is 2.24. The molecule has 1 atom stereocenters. The Morgan fingerprint density at radius 3 is 3.04 bits per heavy atom. The quantitative estimate of drug-likeness (QED) is 0.912. The topological polar surface area (TPSA) is 61.0 Å². The lowest BCUT2D eigenvalue weighted by Crippen LogP contribution is -2.44. The van der Waals surface area contributed by atoms with Crippen LogP contribution < -0.4 is 5.32 Å². The van der Waals surface area contributed by atoms with Gasteiger partial charge in [0.15, 0.2) is 0 Å². The van der Waals surface area contributed by atoms with Gasteiger partial charge in [0.1, 0.15) is 0 Å². The number of benzene rings is 1. The number of aromatic nitrogens is 2. The van der Waals surface area contributed by atoms with Crippen molar-refractivity contribution in [3.63, 3.8) is 0 Å². The molecule has 0 spiro atoms. The number of nitrogens with zero attached hydrogens (tertiary/aromatic N) is 2. The molecule has 1 aliphatic rings. The average molecular weight is 326 g/mol. The molecule has 124 valence electrons. The third-order valence-corrected chi connectivity index (χ3v) is 3.99. The van der Waals surface area contributed by atoms with Gasteiger partial charge in [-0.2, -0.15) is 18.3 Å². The van der Waals surface area contributed by atoms with Crippen molar-refractivity contribution >= 4 is 22.5 Å². The molecule has 1 amide bonds. The molecule has 5 nitrogen and oxygen atoms in total. The van der Waals surface area contributed by atoms with E-state index in [1.165, 1.54) is 4.90 Å². The fourth-order valence-electron chi connectivity index (χ4n) is 2.93. The van der Waals surface area contributed by atoms with Gasteiger partial charge in [-0.05, 0) is 37.6 Å². The molecule has 1 aromatic carbocycles. The van der Waals surface area contributed by atoms with Gasteiger partial charge in [0.2, 0.25) is 5.91 Å². The van der Waals surface area contributed by atoms with Gasteiger partial charge in [0, 0.05) is 17.6 Å². The van der Waals surface area contributed by atoms with Crippen LogP contribution in [0.3, 0.4) is 0 Å². The molecule has 23 heavy (non-hydrogen) atoms. The molecule has 1 aromatic heterocycles. The number of piperidine rings is 1. The third kappa shape index (κ3) is 4.01. The molecule has 0 saturated carbocycles. The summed E-state index contributed by atoms with van der Waals surface area (Å²) in [5.41, 5.74) is 1.48. The minimum Gasteiger partial charge on any atom is -0.326 e. The van der Waals surface area contributed by atoms with Gasteiger partial charge in [0.25, 0.3) is 0 Å². The third-order valence-electron chi connectivity index (χ3n) is 3.99. The van der Waals surface area contributed by atoms with Crippen LogP contribution in [0.5, 0.6) is 0 Å². The Kier molecular flexibility index (Phi) is 4.25. The number of hydrogen-bond donors (Lipinski definition) is 2. The molecular formula is C15H17F3N4O. The number of rotatable bonds is 3. The van der Waals surface area contributed by atoms with Gasteiger partial charge in [-0.1, -0.05) is 0 Å². The van der Waals surface area contributed by atoms with E-state index in [4.69, 9.17) is 0 Å². The van der Waals surface area contributed by atoms with E-state index in [0.29, 0.717) is 25.1 Å². The fraction of sp³-hybridized carbons (Fsp3) is 0.467. The van der Waals surface area contributed by atoms with E-state index in [1.54, 1.807) is 24.4 Å². The molecule has 8 heteroatoms. The zero-order valence-corrected chi connectivity index (χ0v) is 12.4. The first-order valence-electron chi connectivity index (χ1n) is 7.44. The summed E-state index contributed by atoms with van der Waals surface area (Å²) in [6, 6.07) is 5.33. The molecule has 2 N–H and O–H groups in total. The number of halogens is 3. The molecule has 0 aliphatic carbocycles. The Morgan fingerprint density at radius 2 is 2.26 bits per heavy atom. The number of anilines is 1. The van der Waals surface area contributed by atoms with Crippen LogP contribution in [-0.2, 0) is 4.79 Å². The van der Waals surface area contributed by atoms with Crippen LogP contribution in [0.25, 0.3) is 10.9 Å². The average Bonchev–Trinajstić information content (AvgIpc) is 2.93. The lowest BCUT2D eigenvalue weighted by molar-refractivity contribution is -0.151. The van der Waals surface area contributed by atoms with Crippen LogP contribution >= 0.6 is 0 Å². The molecule has 0 radical (unpaired) electrons.